The molecule has 88 valence electrons. The summed E-state index contributed by atoms with van der Waals surface area (Å²) in [5.74, 6) is 0. The van der Waals surface area contributed by atoms with Crippen LogP contribution in [0.4, 0.5) is 0 Å². The SMILES string of the molecule is Cc1cn(CCc2ccncc2)c(=O)[nH]c1=O. The van der Waals surface area contributed by atoms with E-state index in [1.807, 2.05) is 12.1 Å². The minimum atomic E-state index is -0.366. The third-order valence-electron chi connectivity index (χ3n) is 2.58. The zero-order chi connectivity index (χ0) is 12.3. The predicted octanol–water partition coefficient (Wildman–Crippen LogP) is 0.483. The van der Waals surface area contributed by atoms with Crippen molar-refractivity contribution >= 4 is 0 Å². The topological polar surface area (TPSA) is 67.8 Å². The van der Waals surface area contributed by atoms with Crippen molar-refractivity contribution in [3.05, 3.63) is 62.7 Å². The molecule has 0 aliphatic heterocycles. The number of rotatable bonds is 3. The Morgan fingerprint density at radius 2 is 2.00 bits per heavy atom. The molecule has 5 heteroatoms. The quantitative estimate of drug-likeness (QED) is 0.835. The van der Waals surface area contributed by atoms with Crippen LogP contribution in [0.1, 0.15) is 11.1 Å². The summed E-state index contributed by atoms with van der Waals surface area (Å²) in [5, 5.41) is 0. The van der Waals surface area contributed by atoms with E-state index < -0.39 is 0 Å². The predicted molar refractivity (Wildman–Crippen MR) is 64.0 cm³/mol. The van der Waals surface area contributed by atoms with E-state index in [0.29, 0.717) is 12.1 Å². The normalized spacial score (nSPS) is 10.4. The second-order valence-corrected chi connectivity index (χ2v) is 3.87. The zero-order valence-corrected chi connectivity index (χ0v) is 9.51. The smallest absolute Gasteiger partial charge is 0.300 e. The van der Waals surface area contributed by atoms with Gasteiger partial charge >= 0.3 is 5.69 Å². The molecule has 0 spiro atoms. The Hall–Kier alpha value is -2.17. The van der Waals surface area contributed by atoms with Gasteiger partial charge in [-0.1, -0.05) is 0 Å². The molecule has 0 fully saturated rings. The first-order chi connectivity index (χ1) is 8.16. The summed E-state index contributed by atoms with van der Waals surface area (Å²) in [6.45, 7) is 2.22. The Morgan fingerprint density at radius 3 is 2.71 bits per heavy atom. The van der Waals surface area contributed by atoms with Crippen LogP contribution in [0, 0.1) is 6.92 Å². The molecule has 0 radical (unpaired) electrons. The van der Waals surface area contributed by atoms with Gasteiger partial charge in [-0.15, -0.1) is 0 Å². The Morgan fingerprint density at radius 1 is 1.29 bits per heavy atom. The fraction of sp³-hybridized carbons (Fsp3) is 0.250. The van der Waals surface area contributed by atoms with Gasteiger partial charge in [0.1, 0.15) is 0 Å². The van der Waals surface area contributed by atoms with Crippen molar-refractivity contribution in [2.24, 2.45) is 0 Å². The van der Waals surface area contributed by atoms with Gasteiger partial charge in [0.05, 0.1) is 0 Å². The average molecular weight is 231 g/mol. The summed E-state index contributed by atoms with van der Waals surface area (Å²) in [6.07, 6.45) is 5.75. The molecule has 2 aromatic rings. The van der Waals surface area contributed by atoms with E-state index in [1.165, 1.54) is 4.57 Å². The number of hydrogen-bond donors (Lipinski definition) is 1. The number of hydrogen-bond acceptors (Lipinski definition) is 3. The van der Waals surface area contributed by atoms with E-state index in [1.54, 1.807) is 25.5 Å². The van der Waals surface area contributed by atoms with E-state index in [2.05, 4.69) is 9.97 Å². The monoisotopic (exact) mass is 231 g/mol. The Kier molecular flexibility index (Phi) is 3.18. The van der Waals surface area contributed by atoms with Crippen molar-refractivity contribution in [3.8, 4) is 0 Å². The Labute approximate surface area is 97.8 Å². The largest absolute Gasteiger partial charge is 0.328 e. The van der Waals surface area contributed by atoms with Crippen LogP contribution in [0.15, 0.2) is 40.3 Å². The molecule has 0 bridgehead atoms. The molecular weight excluding hydrogens is 218 g/mol. The van der Waals surface area contributed by atoms with Crippen molar-refractivity contribution in [2.75, 3.05) is 0 Å². The second-order valence-electron chi connectivity index (χ2n) is 3.87. The molecule has 2 rings (SSSR count). The molecule has 0 amide bonds. The van der Waals surface area contributed by atoms with Crippen molar-refractivity contribution in [1.29, 1.82) is 0 Å². The maximum absolute atomic E-state index is 11.5. The van der Waals surface area contributed by atoms with Crippen LogP contribution < -0.4 is 11.2 Å². The van der Waals surface area contributed by atoms with Crippen LogP contribution >= 0.6 is 0 Å². The highest BCUT2D eigenvalue weighted by atomic mass is 16.2. The highest BCUT2D eigenvalue weighted by Gasteiger charge is 2.00. The van der Waals surface area contributed by atoms with E-state index in [4.69, 9.17) is 0 Å². The lowest BCUT2D eigenvalue weighted by Crippen LogP contribution is -2.31. The number of aromatic amines is 1. The minimum absolute atomic E-state index is 0.324. The van der Waals surface area contributed by atoms with Crippen LogP contribution in [-0.4, -0.2) is 14.5 Å². The molecular formula is C12H13N3O2. The van der Waals surface area contributed by atoms with Gasteiger partial charge in [-0.3, -0.25) is 19.3 Å². The zero-order valence-electron chi connectivity index (χ0n) is 9.51. The fourth-order valence-electron chi connectivity index (χ4n) is 1.58. The maximum Gasteiger partial charge on any atom is 0.328 e. The third-order valence-corrected chi connectivity index (χ3v) is 2.58. The van der Waals surface area contributed by atoms with Crippen LogP contribution in [0.5, 0.6) is 0 Å². The molecule has 0 aromatic carbocycles. The second kappa shape index (κ2) is 4.78. The van der Waals surface area contributed by atoms with Gasteiger partial charge in [0, 0.05) is 30.7 Å². The lowest BCUT2D eigenvalue weighted by atomic mass is 10.2. The van der Waals surface area contributed by atoms with Gasteiger partial charge in [0.15, 0.2) is 0 Å². The summed E-state index contributed by atoms with van der Waals surface area (Å²) in [7, 11) is 0. The number of aromatic nitrogens is 3. The lowest BCUT2D eigenvalue weighted by Gasteiger charge is -2.05. The first kappa shape index (κ1) is 11.3. The standard InChI is InChI=1S/C12H13N3O2/c1-9-8-15(12(17)14-11(9)16)7-4-10-2-5-13-6-3-10/h2-3,5-6,8H,4,7H2,1H3,(H,14,16,17). The van der Waals surface area contributed by atoms with Crippen LogP contribution in [0.25, 0.3) is 0 Å². The molecule has 0 atom stereocenters. The molecule has 0 saturated heterocycles. The molecule has 0 unspecified atom stereocenters. The summed E-state index contributed by atoms with van der Waals surface area (Å²) in [5.41, 5.74) is 0.958. The molecule has 5 nitrogen and oxygen atoms in total. The summed E-state index contributed by atoms with van der Waals surface area (Å²) in [6, 6.07) is 3.81. The first-order valence-electron chi connectivity index (χ1n) is 5.36. The average Bonchev–Trinajstić information content (AvgIpc) is 2.33. The van der Waals surface area contributed by atoms with E-state index in [0.717, 1.165) is 12.0 Å². The number of aryl methyl sites for hydroxylation is 3. The van der Waals surface area contributed by atoms with Gasteiger partial charge in [-0.2, -0.15) is 0 Å². The number of pyridine rings is 1. The molecule has 2 heterocycles. The fourth-order valence-corrected chi connectivity index (χ4v) is 1.58. The van der Waals surface area contributed by atoms with Crippen LogP contribution in [0.3, 0.4) is 0 Å². The van der Waals surface area contributed by atoms with Crippen molar-refractivity contribution in [2.45, 2.75) is 19.9 Å². The van der Waals surface area contributed by atoms with E-state index in [-0.39, 0.29) is 11.2 Å². The Bertz CT molecular complexity index is 614. The summed E-state index contributed by atoms with van der Waals surface area (Å²) in [4.78, 5) is 28.9. The molecule has 0 aliphatic rings. The summed E-state index contributed by atoms with van der Waals surface area (Å²) >= 11 is 0. The van der Waals surface area contributed by atoms with Crippen molar-refractivity contribution < 1.29 is 0 Å². The molecule has 2 aromatic heterocycles. The number of nitrogens with zero attached hydrogens (tertiary/aromatic N) is 2. The van der Waals surface area contributed by atoms with Crippen LogP contribution in [-0.2, 0) is 13.0 Å². The molecule has 0 saturated carbocycles. The minimum Gasteiger partial charge on any atom is -0.300 e. The number of nitrogens with one attached hydrogen (secondary N) is 1. The first-order valence-corrected chi connectivity index (χ1v) is 5.36. The van der Waals surface area contributed by atoms with Crippen LogP contribution in [0.2, 0.25) is 0 Å². The number of H-pyrrole nitrogens is 1. The van der Waals surface area contributed by atoms with E-state index >= 15 is 0 Å². The van der Waals surface area contributed by atoms with Gasteiger partial charge in [0.25, 0.3) is 5.56 Å². The highest BCUT2D eigenvalue weighted by molar-refractivity contribution is 5.10. The van der Waals surface area contributed by atoms with Crippen molar-refractivity contribution in [3.63, 3.8) is 0 Å². The van der Waals surface area contributed by atoms with Gasteiger partial charge in [0.2, 0.25) is 0 Å². The van der Waals surface area contributed by atoms with Gasteiger partial charge in [-0.25, -0.2) is 4.79 Å². The maximum atomic E-state index is 11.5. The summed E-state index contributed by atoms with van der Waals surface area (Å²) < 4.78 is 1.51. The Balaban J connectivity index is 2.18. The van der Waals surface area contributed by atoms with Crippen molar-refractivity contribution in [1.82, 2.24) is 14.5 Å². The highest BCUT2D eigenvalue weighted by Crippen LogP contribution is 1.98. The van der Waals surface area contributed by atoms with Gasteiger partial charge < -0.3 is 0 Å². The lowest BCUT2D eigenvalue weighted by molar-refractivity contribution is 0.640. The molecule has 17 heavy (non-hydrogen) atoms. The van der Waals surface area contributed by atoms with Gasteiger partial charge in [-0.05, 0) is 31.0 Å². The van der Waals surface area contributed by atoms with E-state index in [9.17, 15) is 9.59 Å². The molecule has 1 N–H and O–H groups in total. The third kappa shape index (κ3) is 2.69. The molecule has 0 aliphatic carbocycles.